The molecule has 1 aliphatic rings. The van der Waals surface area contributed by atoms with Gasteiger partial charge in [0.1, 0.15) is 0 Å². The van der Waals surface area contributed by atoms with Gasteiger partial charge in [0.25, 0.3) is 0 Å². The zero-order chi connectivity index (χ0) is 9.10. The van der Waals surface area contributed by atoms with E-state index >= 15 is 0 Å². The molecule has 0 radical (unpaired) electrons. The number of nitrogens with one attached hydrogen (secondary N) is 1. The van der Waals surface area contributed by atoms with Gasteiger partial charge in [-0.05, 0) is 23.6 Å². The van der Waals surface area contributed by atoms with Crippen molar-refractivity contribution in [3.63, 3.8) is 0 Å². The number of thiophene rings is 1. The van der Waals surface area contributed by atoms with Gasteiger partial charge in [-0.25, -0.2) is 0 Å². The number of dihydropyridines is 1. The van der Waals surface area contributed by atoms with Crippen LogP contribution in [-0.2, 0) is 0 Å². The lowest BCUT2D eigenvalue weighted by Crippen LogP contribution is -2.17. The molecule has 1 N–H and O–H groups in total. The molecular weight excluding hydrogens is 180 g/mol. The van der Waals surface area contributed by atoms with Gasteiger partial charge in [-0.1, -0.05) is 6.07 Å². The van der Waals surface area contributed by atoms with Crippen LogP contribution in [0.5, 0.6) is 0 Å². The second-order valence-corrected chi connectivity index (χ2v) is 3.66. The van der Waals surface area contributed by atoms with Gasteiger partial charge >= 0.3 is 0 Å². The van der Waals surface area contributed by atoms with E-state index in [0.717, 1.165) is 11.3 Å². The molecule has 0 saturated heterocycles. The van der Waals surface area contributed by atoms with Crippen molar-refractivity contribution in [2.75, 3.05) is 6.54 Å². The highest BCUT2D eigenvalue weighted by Crippen LogP contribution is 2.20. The van der Waals surface area contributed by atoms with Crippen LogP contribution in [-0.4, -0.2) is 6.54 Å². The molecule has 2 heterocycles. The summed E-state index contributed by atoms with van der Waals surface area (Å²) in [4.78, 5) is 1.22. The second kappa shape index (κ2) is 3.46. The highest BCUT2D eigenvalue weighted by atomic mass is 32.1. The van der Waals surface area contributed by atoms with Crippen molar-refractivity contribution in [3.05, 3.63) is 40.1 Å². The van der Waals surface area contributed by atoms with Crippen molar-refractivity contribution < 1.29 is 0 Å². The molecule has 0 aromatic carbocycles. The number of rotatable bonds is 1. The van der Waals surface area contributed by atoms with Gasteiger partial charge in [0.2, 0.25) is 0 Å². The largest absolute Gasteiger partial charge is 0.379 e. The number of allylic oxidation sites excluding steroid dienone is 2. The maximum Gasteiger partial charge on any atom is 0.0966 e. The topological polar surface area (TPSA) is 35.8 Å². The van der Waals surface area contributed by atoms with E-state index in [1.54, 1.807) is 11.3 Å². The van der Waals surface area contributed by atoms with Crippen molar-refractivity contribution in [2.24, 2.45) is 0 Å². The lowest BCUT2D eigenvalue weighted by Gasteiger charge is -2.11. The van der Waals surface area contributed by atoms with Crippen molar-refractivity contribution in [2.45, 2.75) is 0 Å². The Kier molecular flexibility index (Phi) is 2.15. The molecule has 0 spiro atoms. The van der Waals surface area contributed by atoms with Crippen molar-refractivity contribution in [1.29, 1.82) is 5.26 Å². The summed E-state index contributed by atoms with van der Waals surface area (Å²) in [5.41, 5.74) is 1.88. The molecule has 0 saturated carbocycles. The normalized spacial score (nSPS) is 15.3. The average molecular weight is 188 g/mol. The van der Waals surface area contributed by atoms with Gasteiger partial charge in [-0.2, -0.15) is 5.26 Å². The van der Waals surface area contributed by atoms with Crippen LogP contribution in [0.15, 0.2) is 35.2 Å². The molecule has 1 aromatic heterocycles. The molecule has 2 nitrogen and oxygen atoms in total. The van der Waals surface area contributed by atoms with Crippen LogP contribution in [0.2, 0.25) is 0 Å². The van der Waals surface area contributed by atoms with E-state index in [4.69, 9.17) is 5.26 Å². The maximum absolute atomic E-state index is 8.62. The Labute approximate surface area is 80.8 Å². The lowest BCUT2D eigenvalue weighted by atomic mass is 10.2. The summed E-state index contributed by atoms with van der Waals surface area (Å²) in [6.07, 6.45) is 3.82. The minimum atomic E-state index is 0.639. The summed E-state index contributed by atoms with van der Waals surface area (Å²) < 4.78 is 0. The number of hydrogen-bond acceptors (Lipinski definition) is 3. The first-order chi connectivity index (χ1) is 6.40. The molecule has 0 atom stereocenters. The SMILES string of the molecule is N#CC1=CC=C(c2cccs2)NC1. The average Bonchev–Trinajstić information content (AvgIpc) is 2.71. The second-order valence-electron chi connectivity index (χ2n) is 2.71. The summed E-state index contributed by atoms with van der Waals surface area (Å²) >= 11 is 1.70. The third-order valence-corrected chi connectivity index (χ3v) is 2.75. The van der Waals surface area contributed by atoms with Gasteiger partial charge in [0, 0.05) is 5.57 Å². The Bertz CT molecular complexity index is 393. The van der Waals surface area contributed by atoms with Crippen LogP contribution in [0.4, 0.5) is 0 Å². The Morgan fingerprint density at radius 2 is 2.38 bits per heavy atom. The van der Waals surface area contributed by atoms with E-state index in [2.05, 4.69) is 17.5 Å². The van der Waals surface area contributed by atoms with Crippen LogP contribution >= 0.6 is 11.3 Å². The van der Waals surface area contributed by atoms with Gasteiger partial charge in [-0.3, -0.25) is 0 Å². The Balaban J connectivity index is 2.26. The van der Waals surface area contributed by atoms with Gasteiger partial charge in [-0.15, -0.1) is 11.3 Å². The standard InChI is InChI=1S/C10H8N2S/c11-6-8-3-4-9(12-7-8)10-2-1-5-13-10/h1-5,12H,7H2. The molecule has 64 valence electrons. The summed E-state index contributed by atoms with van der Waals surface area (Å²) in [6, 6.07) is 6.21. The fraction of sp³-hybridized carbons (Fsp3) is 0.100. The first kappa shape index (κ1) is 8.09. The molecule has 1 aromatic rings. The summed E-state index contributed by atoms with van der Waals surface area (Å²) in [5.74, 6) is 0. The molecule has 2 rings (SSSR count). The third kappa shape index (κ3) is 1.63. The van der Waals surface area contributed by atoms with E-state index in [9.17, 15) is 0 Å². The van der Waals surface area contributed by atoms with Crippen LogP contribution in [0.25, 0.3) is 5.70 Å². The lowest BCUT2D eigenvalue weighted by molar-refractivity contribution is 0.970. The fourth-order valence-electron chi connectivity index (χ4n) is 1.17. The highest BCUT2D eigenvalue weighted by Gasteiger charge is 2.06. The number of nitriles is 1. The van der Waals surface area contributed by atoms with Crippen LogP contribution < -0.4 is 5.32 Å². The predicted octanol–water partition coefficient (Wildman–Crippen LogP) is 2.14. The Morgan fingerprint density at radius 1 is 1.46 bits per heavy atom. The maximum atomic E-state index is 8.62. The molecule has 0 fully saturated rings. The van der Waals surface area contributed by atoms with Gasteiger partial charge < -0.3 is 5.32 Å². The van der Waals surface area contributed by atoms with E-state index < -0.39 is 0 Å². The number of nitrogens with zero attached hydrogens (tertiary/aromatic N) is 1. The molecule has 0 amide bonds. The highest BCUT2D eigenvalue weighted by molar-refractivity contribution is 7.11. The molecule has 0 aliphatic carbocycles. The minimum absolute atomic E-state index is 0.639. The summed E-state index contributed by atoms with van der Waals surface area (Å²) in [5, 5.41) is 13.9. The van der Waals surface area contributed by atoms with Crippen LogP contribution in [0, 0.1) is 11.3 Å². The van der Waals surface area contributed by atoms with Crippen molar-refractivity contribution >= 4 is 17.0 Å². The van der Waals surface area contributed by atoms with E-state index in [-0.39, 0.29) is 0 Å². The molecule has 13 heavy (non-hydrogen) atoms. The van der Waals surface area contributed by atoms with Gasteiger partial charge in [0.15, 0.2) is 0 Å². The monoisotopic (exact) mass is 188 g/mol. The zero-order valence-electron chi connectivity index (χ0n) is 6.95. The fourth-order valence-corrected chi connectivity index (χ4v) is 1.90. The van der Waals surface area contributed by atoms with E-state index in [0.29, 0.717) is 6.54 Å². The van der Waals surface area contributed by atoms with Crippen molar-refractivity contribution in [1.82, 2.24) is 5.32 Å². The smallest absolute Gasteiger partial charge is 0.0966 e. The molecular formula is C10H8N2S. The van der Waals surface area contributed by atoms with E-state index in [1.807, 2.05) is 23.6 Å². The summed E-state index contributed by atoms with van der Waals surface area (Å²) in [6.45, 7) is 0.639. The minimum Gasteiger partial charge on any atom is -0.379 e. The van der Waals surface area contributed by atoms with Crippen LogP contribution in [0.3, 0.4) is 0 Å². The van der Waals surface area contributed by atoms with E-state index in [1.165, 1.54) is 4.88 Å². The molecule has 0 bridgehead atoms. The zero-order valence-corrected chi connectivity index (χ0v) is 7.77. The summed E-state index contributed by atoms with van der Waals surface area (Å²) in [7, 11) is 0. The Morgan fingerprint density at radius 3 is 2.92 bits per heavy atom. The van der Waals surface area contributed by atoms with Crippen molar-refractivity contribution in [3.8, 4) is 6.07 Å². The first-order valence-electron chi connectivity index (χ1n) is 3.99. The van der Waals surface area contributed by atoms with Crippen LogP contribution in [0.1, 0.15) is 4.88 Å². The third-order valence-electron chi connectivity index (χ3n) is 1.85. The molecule has 1 aliphatic heterocycles. The predicted molar refractivity (Wildman–Crippen MR) is 54.0 cm³/mol. The Hall–Kier alpha value is -1.53. The molecule has 3 heteroatoms. The molecule has 0 unspecified atom stereocenters. The van der Waals surface area contributed by atoms with Gasteiger partial charge in [0.05, 0.1) is 23.2 Å². The quantitative estimate of drug-likeness (QED) is 0.733. The number of hydrogen-bond donors (Lipinski definition) is 1. The first-order valence-corrected chi connectivity index (χ1v) is 4.87.